The summed E-state index contributed by atoms with van der Waals surface area (Å²) in [7, 11) is 2.04. The minimum absolute atomic E-state index is 0.00753. The fraction of sp³-hybridized carbons (Fsp3) is 0.556. The highest BCUT2D eigenvalue weighted by Crippen LogP contribution is 2.22. The third-order valence-electron chi connectivity index (χ3n) is 5.02. The second-order valence-corrected chi connectivity index (χ2v) is 7.38. The van der Waals surface area contributed by atoms with E-state index >= 15 is 0 Å². The van der Waals surface area contributed by atoms with Gasteiger partial charge in [0.25, 0.3) is 0 Å². The van der Waals surface area contributed by atoms with Gasteiger partial charge in [-0.1, -0.05) is 11.6 Å². The first-order valence-corrected chi connectivity index (χ1v) is 9.30. The highest BCUT2D eigenvalue weighted by molar-refractivity contribution is 6.30. The fourth-order valence-electron chi connectivity index (χ4n) is 3.38. The van der Waals surface area contributed by atoms with Crippen molar-refractivity contribution in [3.8, 4) is 0 Å². The molecule has 1 N–H and O–H groups in total. The van der Waals surface area contributed by atoms with Crippen molar-refractivity contribution in [1.29, 1.82) is 0 Å². The zero-order valence-electron chi connectivity index (χ0n) is 14.9. The van der Waals surface area contributed by atoms with Crippen LogP contribution in [0.4, 0.5) is 14.9 Å². The number of hydrogen-bond donors (Lipinski definition) is 1. The van der Waals surface area contributed by atoms with Crippen LogP contribution in [0, 0.1) is 11.7 Å². The Balaban J connectivity index is 1.57. The third kappa shape index (κ3) is 4.45. The Kier molecular flexibility index (Phi) is 5.98. The van der Waals surface area contributed by atoms with Crippen LogP contribution in [0.25, 0.3) is 0 Å². The van der Waals surface area contributed by atoms with Gasteiger partial charge in [0.15, 0.2) is 0 Å². The van der Waals surface area contributed by atoms with Gasteiger partial charge in [0.1, 0.15) is 5.82 Å². The van der Waals surface area contributed by atoms with Crippen LogP contribution in [-0.2, 0) is 4.79 Å². The van der Waals surface area contributed by atoms with E-state index in [1.54, 1.807) is 11.0 Å². The molecule has 1 atom stereocenters. The van der Waals surface area contributed by atoms with E-state index in [1.165, 1.54) is 12.1 Å². The number of likely N-dealkylation sites (tertiary alicyclic amines) is 1. The summed E-state index contributed by atoms with van der Waals surface area (Å²) in [6.07, 6.45) is 1.50. The summed E-state index contributed by atoms with van der Waals surface area (Å²) in [5.41, 5.74) is 0.374. The van der Waals surface area contributed by atoms with Gasteiger partial charge in [-0.2, -0.15) is 0 Å². The van der Waals surface area contributed by atoms with E-state index in [9.17, 15) is 14.0 Å². The Morgan fingerprint density at radius 3 is 2.58 bits per heavy atom. The Labute approximate surface area is 157 Å². The molecule has 8 heteroatoms. The van der Waals surface area contributed by atoms with Crippen LogP contribution in [0.1, 0.15) is 12.8 Å². The molecule has 2 saturated heterocycles. The third-order valence-corrected chi connectivity index (χ3v) is 5.33. The zero-order chi connectivity index (χ0) is 18.7. The maximum absolute atomic E-state index is 13.5. The summed E-state index contributed by atoms with van der Waals surface area (Å²) in [4.78, 5) is 31.0. The standard InChI is InChI=1S/C18H24ClFN4O2/c1-22-7-9-23(10-8-22)18(26)24-6-2-3-13(12-24)17(25)21-14-4-5-15(19)16(20)11-14/h4-5,11,13H,2-3,6-10,12H2,1H3,(H,21,25)/t13-/m1/s1. The number of nitrogens with zero attached hydrogens (tertiary/aromatic N) is 3. The molecule has 2 aliphatic heterocycles. The molecule has 0 spiro atoms. The van der Waals surface area contributed by atoms with E-state index in [2.05, 4.69) is 10.2 Å². The van der Waals surface area contributed by atoms with Crippen molar-refractivity contribution >= 4 is 29.2 Å². The number of hydrogen-bond acceptors (Lipinski definition) is 3. The molecule has 0 bridgehead atoms. The van der Waals surface area contributed by atoms with Crippen LogP contribution in [0.2, 0.25) is 5.02 Å². The second kappa shape index (κ2) is 8.22. The van der Waals surface area contributed by atoms with Crippen molar-refractivity contribution in [2.45, 2.75) is 12.8 Å². The van der Waals surface area contributed by atoms with Gasteiger partial charge in [0, 0.05) is 45.0 Å². The number of halogens is 2. The van der Waals surface area contributed by atoms with Gasteiger partial charge in [-0.25, -0.2) is 9.18 Å². The number of rotatable bonds is 2. The smallest absolute Gasteiger partial charge is 0.320 e. The molecule has 6 nitrogen and oxygen atoms in total. The Bertz CT molecular complexity index is 679. The van der Waals surface area contributed by atoms with Gasteiger partial charge in [-0.05, 0) is 38.1 Å². The quantitative estimate of drug-likeness (QED) is 0.855. The predicted octanol–water partition coefficient (Wildman–Crippen LogP) is 2.50. The summed E-state index contributed by atoms with van der Waals surface area (Å²) in [5, 5.41) is 2.75. The van der Waals surface area contributed by atoms with Crippen LogP contribution in [0.15, 0.2) is 18.2 Å². The summed E-state index contributed by atoms with van der Waals surface area (Å²) in [6.45, 7) is 4.23. The maximum Gasteiger partial charge on any atom is 0.320 e. The molecular formula is C18H24ClFN4O2. The normalized spacial score (nSPS) is 21.6. The van der Waals surface area contributed by atoms with Gasteiger partial charge >= 0.3 is 6.03 Å². The fourth-order valence-corrected chi connectivity index (χ4v) is 3.50. The van der Waals surface area contributed by atoms with Crippen molar-refractivity contribution in [2.75, 3.05) is 51.6 Å². The molecule has 0 radical (unpaired) electrons. The minimum Gasteiger partial charge on any atom is -0.326 e. The Morgan fingerprint density at radius 2 is 1.88 bits per heavy atom. The number of piperidine rings is 1. The molecule has 2 heterocycles. The summed E-state index contributed by atoms with van der Waals surface area (Å²) >= 11 is 5.66. The lowest BCUT2D eigenvalue weighted by atomic mass is 9.97. The number of piperazine rings is 1. The highest BCUT2D eigenvalue weighted by Gasteiger charge is 2.31. The number of amides is 3. The van der Waals surface area contributed by atoms with E-state index in [4.69, 9.17) is 11.6 Å². The first-order chi connectivity index (χ1) is 12.4. The van der Waals surface area contributed by atoms with Crippen molar-refractivity contribution in [1.82, 2.24) is 14.7 Å². The van der Waals surface area contributed by atoms with E-state index in [1.807, 2.05) is 11.9 Å². The number of nitrogens with one attached hydrogen (secondary N) is 1. The molecule has 2 fully saturated rings. The maximum atomic E-state index is 13.5. The van der Waals surface area contributed by atoms with Gasteiger partial charge in [-0.15, -0.1) is 0 Å². The zero-order valence-corrected chi connectivity index (χ0v) is 15.6. The van der Waals surface area contributed by atoms with E-state index in [-0.39, 0.29) is 22.9 Å². The molecular weight excluding hydrogens is 359 g/mol. The van der Waals surface area contributed by atoms with Crippen molar-refractivity contribution in [2.24, 2.45) is 5.92 Å². The van der Waals surface area contributed by atoms with Crippen LogP contribution in [-0.4, -0.2) is 73.0 Å². The molecule has 0 unspecified atom stereocenters. The van der Waals surface area contributed by atoms with Crippen LogP contribution in [0.5, 0.6) is 0 Å². The lowest BCUT2D eigenvalue weighted by Crippen LogP contribution is -2.54. The number of anilines is 1. The lowest BCUT2D eigenvalue weighted by Gasteiger charge is -2.39. The minimum atomic E-state index is -0.569. The van der Waals surface area contributed by atoms with Gasteiger partial charge in [0.05, 0.1) is 10.9 Å². The first kappa shape index (κ1) is 18.9. The molecule has 0 saturated carbocycles. The Hall–Kier alpha value is -1.86. The number of urea groups is 1. The van der Waals surface area contributed by atoms with Gasteiger partial charge < -0.3 is 20.0 Å². The average Bonchev–Trinajstić information content (AvgIpc) is 2.65. The number of benzene rings is 1. The number of carbonyl (C=O) groups excluding carboxylic acids is 2. The summed E-state index contributed by atoms with van der Waals surface area (Å²) in [6, 6.07) is 4.19. The molecule has 142 valence electrons. The van der Waals surface area contributed by atoms with E-state index in [0.717, 1.165) is 19.5 Å². The van der Waals surface area contributed by atoms with Gasteiger partial charge in [-0.3, -0.25) is 4.79 Å². The molecule has 26 heavy (non-hydrogen) atoms. The van der Waals surface area contributed by atoms with E-state index in [0.29, 0.717) is 38.3 Å². The second-order valence-electron chi connectivity index (χ2n) is 6.98. The molecule has 0 aromatic heterocycles. The van der Waals surface area contributed by atoms with Crippen molar-refractivity contribution in [3.63, 3.8) is 0 Å². The Morgan fingerprint density at radius 1 is 1.15 bits per heavy atom. The van der Waals surface area contributed by atoms with Crippen LogP contribution in [0.3, 0.4) is 0 Å². The highest BCUT2D eigenvalue weighted by atomic mass is 35.5. The monoisotopic (exact) mass is 382 g/mol. The lowest BCUT2D eigenvalue weighted by molar-refractivity contribution is -0.121. The van der Waals surface area contributed by atoms with Crippen LogP contribution >= 0.6 is 11.6 Å². The SMILES string of the molecule is CN1CCN(C(=O)N2CCC[C@@H](C(=O)Nc3ccc(Cl)c(F)c3)C2)CC1. The summed E-state index contributed by atoms with van der Waals surface area (Å²) in [5.74, 6) is -1.05. The van der Waals surface area contributed by atoms with Crippen molar-refractivity contribution < 1.29 is 14.0 Å². The van der Waals surface area contributed by atoms with E-state index < -0.39 is 5.82 Å². The molecule has 1 aromatic rings. The average molecular weight is 383 g/mol. The topological polar surface area (TPSA) is 55.9 Å². The molecule has 3 amide bonds. The molecule has 2 aliphatic rings. The van der Waals surface area contributed by atoms with Crippen LogP contribution < -0.4 is 5.32 Å². The molecule has 1 aromatic carbocycles. The molecule has 3 rings (SSSR count). The molecule has 0 aliphatic carbocycles. The summed E-state index contributed by atoms with van der Waals surface area (Å²) < 4.78 is 13.5. The predicted molar refractivity (Wildman–Crippen MR) is 98.8 cm³/mol. The van der Waals surface area contributed by atoms with Gasteiger partial charge in [0.2, 0.25) is 5.91 Å². The number of carbonyl (C=O) groups is 2. The largest absolute Gasteiger partial charge is 0.326 e. The first-order valence-electron chi connectivity index (χ1n) is 8.92. The number of likely N-dealkylation sites (N-methyl/N-ethyl adjacent to an activating group) is 1. The van der Waals surface area contributed by atoms with Crippen molar-refractivity contribution in [3.05, 3.63) is 29.0 Å².